The van der Waals surface area contributed by atoms with E-state index in [1.54, 1.807) is 23.1 Å². The van der Waals surface area contributed by atoms with Gasteiger partial charge in [0.05, 0.1) is 16.2 Å². The van der Waals surface area contributed by atoms with Gasteiger partial charge in [0.2, 0.25) is 10.0 Å². The summed E-state index contributed by atoms with van der Waals surface area (Å²) in [7, 11) is 0.0939. The molecule has 2 amide bonds. The maximum Gasteiger partial charge on any atom is 0.296 e. The Hall–Kier alpha value is -3.54. The molecule has 3 aliphatic rings. The van der Waals surface area contributed by atoms with Gasteiger partial charge in [0.25, 0.3) is 17.6 Å². The smallest absolute Gasteiger partial charge is 0.296 e. The molecule has 0 radical (unpaired) electrons. The summed E-state index contributed by atoms with van der Waals surface area (Å²) in [5, 5.41) is 11.8. The fourth-order valence-corrected chi connectivity index (χ4v) is 7.95. The molecule has 2 saturated heterocycles. The lowest BCUT2D eigenvalue weighted by Crippen LogP contribution is -2.52. The summed E-state index contributed by atoms with van der Waals surface area (Å²) in [5.41, 5.74) is -0.876. The highest BCUT2D eigenvalue weighted by Gasteiger charge is 2.66. The molecule has 0 aromatic heterocycles. The maximum atomic E-state index is 14.5. The van der Waals surface area contributed by atoms with Crippen LogP contribution in [0.2, 0.25) is 0 Å². The SMILES string of the molecule is CCCCN1C(=O)C2(/C(=C(/O)c3ccc(S(=O)(=O)N4CCCCC4)cc3)C(=O)C(=O)N2CCCN(C)C)c2ccccc21. The van der Waals surface area contributed by atoms with Gasteiger partial charge in [0, 0.05) is 37.3 Å². The van der Waals surface area contributed by atoms with Crippen LogP contribution in [0, 0.1) is 0 Å². The molecule has 1 atom stereocenters. The number of para-hydroxylation sites is 1. The van der Waals surface area contributed by atoms with Gasteiger partial charge in [-0.3, -0.25) is 14.4 Å². The number of ketones is 1. The van der Waals surface area contributed by atoms with E-state index in [0.717, 1.165) is 32.1 Å². The van der Waals surface area contributed by atoms with E-state index in [0.29, 0.717) is 43.9 Å². The van der Waals surface area contributed by atoms with Crippen molar-refractivity contribution in [1.29, 1.82) is 0 Å². The number of sulfonamides is 1. The summed E-state index contributed by atoms with van der Waals surface area (Å²) in [5.74, 6) is -2.73. The van der Waals surface area contributed by atoms with Gasteiger partial charge in [-0.05, 0) is 76.7 Å². The molecule has 10 nitrogen and oxygen atoms in total. The highest BCUT2D eigenvalue weighted by atomic mass is 32.2. The Morgan fingerprint density at radius 2 is 1.60 bits per heavy atom. The molecule has 1 spiro atoms. The lowest BCUT2D eigenvalue weighted by Gasteiger charge is -2.35. The number of anilines is 1. The molecule has 2 aromatic rings. The zero-order chi connectivity index (χ0) is 30.9. The molecular weight excluding hydrogens is 568 g/mol. The van der Waals surface area contributed by atoms with Crippen LogP contribution < -0.4 is 4.90 Å². The van der Waals surface area contributed by atoms with Crippen molar-refractivity contribution in [2.24, 2.45) is 0 Å². The molecule has 0 aliphatic carbocycles. The van der Waals surface area contributed by atoms with E-state index in [1.807, 2.05) is 32.0 Å². The third kappa shape index (κ3) is 5.17. The van der Waals surface area contributed by atoms with Crippen LogP contribution in [0.3, 0.4) is 0 Å². The molecule has 2 aromatic carbocycles. The molecule has 3 heterocycles. The Labute approximate surface area is 253 Å². The molecule has 2 fully saturated rings. The Bertz CT molecular complexity index is 1550. The minimum Gasteiger partial charge on any atom is -0.507 e. The van der Waals surface area contributed by atoms with Crippen LogP contribution in [0.1, 0.15) is 56.6 Å². The monoisotopic (exact) mass is 608 g/mol. The van der Waals surface area contributed by atoms with E-state index in [-0.39, 0.29) is 22.6 Å². The van der Waals surface area contributed by atoms with Gasteiger partial charge in [0.1, 0.15) is 5.76 Å². The van der Waals surface area contributed by atoms with Crippen LogP contribution in [0.15, 0.2) is 59.0 Å². The van der Waals surface area contributed by atoms with Gasteiger partial charge >= 0.3 is 0 Å². The second kappa shape index (κ2) is 12.2. The first-order chi connectivity index (χ1) is 20.6. The summed E-state index contributed by atoms with van der Waals surface area (Å²) in [6.07, 6.45) is 4.66. The summed E-state index contributed by atoms with van der Waals surface area (Å²) in [4.78, 5) is 47.0. The lowest BCUT2D eigenvalue weighted by molar-refractivity contribution is -0.143. The summed E-state index contributed by atoms with van der Waals surface area (Å²) >= 11 is 0. The zero-order valence-corrected chi connectivity index (χ0v) is 25.9. The van der Waals surface area contributed by atoms with E-state index in [9.17, 15) is 27.9 Å². The molecule has 43 heavy (non-hydrogen) atoms. The van der Waals surface area contributed by atoms with Gasteiger partial charge in [-0.1, -0.05) is 38.0 Å². The van der Waals surface area contributed by atoms with Crippen LogP contribution in [0.4, 0.5) is 5.69 Å². The number of unbranched alkanes of at least 4 members (excludes halogenated alkanes) is 1. The van der Waals surface area contributed by atoms with E-state index >= 15 is 0 Å². The average Bonchev–Trinajstić information content (AvgIpc) is 3.38. The summed E-state index contributed by atoms with van der Waals surface area (Å²) in [6.45, 7) is 4.09. The highest BCUT2D eigenvalue weighted by Crippen LogP contribution is 2.53. The molecule has 230 valence electrons. The second-order valence-corrected chi connectivity index (χ2v) is 13.6. The topological polar surface area (TPSA) is 119 Å². The van der Waals surface area contributed by atoms with Gasteiger partial charge in [-0.15, -0.1) is 0 Å². The number of aliphatic hydroxyl groups excluding tert-OH is 1. The van der Waals surface area contributed by atoms with Gasteiger partial charge in [-0.25, -0.2) is 8.42 Å². The Balaban J connectivity index is 1.64. The number of fused-ring (bicyclic) bond motifs is 2. The zero-order valence-electron chi connectivity index (χ0n) is 25.1. The van der Waals surface area contributed by atoms with Crippen molar-refractivity contribution < 1.29 is 27.9 Å². The number of rotatable bonds is 10. The summed E-state index contributed by atoms with van der Waals surface area (Å²) < 4.78 is 27.9. The van der Waals surface area contributed by atoms with Gasteiger partial charge < -0.3 is 19.8 Å². The second-order valence-electron chi connectivity index (χ2n) is 11.7. The normalized spacial score (nSPS) is 22.3. The van der Waals surface area contributed by atoms with Crippen LogP contribution in [-0.2, 0) is 29.9 Å². The largest absolute Gasteiger partial charge is 0.507 e. The van der Waals surface area contributed by atoms with Gasteiger partial charge in [0.15, 0.2) is 5.54 Å². The van der Waals surface area contributed by atoms with Crippen molar-refractivity contribution in [2.45, 2.75) is 55.9 Å². The minimum atomic E-state index is -3.71. The number of benzene rings is 2. The number of hydrogen-bond donors (Lipinski definition) is 1. The van der Waals surface area contributed by atoms with Crippen LogP contribution in [0.5, 0.6) is 0 Å². The number of hydrogen-bond acceptors (Lipinski definition) is 7. The Morgan fingerprint density at radius 3 is 2.26 bits per heavy atom. The van der Waals surface area contributed by atoms with E-state index in [2.05, 4.69) is 0 Å². The first-order valence-electron chi connectivity index (χ1n) is 15.0. The van der Waals surface area contributed by atoms with E-state index in [4.69, 9.17) is 0 Å². The predicted octanol–water partition coefficient (Wildman–Crippen LogP) is 3.54. The average molecular weight is 609 g/mol. The molecule has 11 heteroatoms. The van der Waals surface area contributed by atoms with E-state index in [1.165, 1.54) is 33.5 Å². The molecular formula is C32H40N4O6S. The molecule has 1 N–H and O–H groups in total. The van der Waals surface area contributed by atoms with Crippen molar-refractivity contribution in [3.8, 4) is 0 Å². The number of nitrogens with zero attached hydrogens (tertiary/aromatic N) is 4. The fourth-order valence-electron chi connectivity index (χ4n) is 6.43. The Kier molecular flexibility index (Phi) is 8.78. The standard InChI is InChI=1S/C32H40N4O6S/c1-4-5-21-35-26-13-8-7-12-25(26)32(31(35)40)27(29(38)30(39)36(32)22-11-18-33(2)3)28(37)23-14-16-24(17-15-23)43(41,42)34-19-9-6-10-20-34/h7-8,12-17,37H,4-6,9-11,18-22H2,1-3H3/b28-27+. The van der Waals surface area contributed by atoms with Crippen LogP contribution in [0.25, 0.3) is 5.76 Å². The van der Waals surface area contributed by atoms with E-state index < -0.39 is 38.9 Å². The van der Waals surface area contributed by atoms with Crippen molar-refractivity contribution in [3.05, 3.63) is 65.2 Å². The maximum absolute atomic E-state index is 14.5. The van der Waals surface area contributed by atoms with Crippen molar-refractivity contribution in [1.82, 2.24) is 14.1 Å². The number of piperidine rings is 1. The van der Waals surface area contributed by atoms with Crippen LogP contribution >= 0.6 is 0 Å². The number of carbonyl (C=O) groups is 3. The molecule has 1 unspecified atom stereocenters. The third-order valence-electron chi connectivity index (χ3n) is 8.61. The number of likely N-dealkylation sites (tertiary alicyclic amines) is 1. The first kappa shape index (κ1) is 30.9. The van der Waals surface area contributed by atoms with Crippen molar-refractivity contribution in [2.75, 3.05) is 51.7 Å². The predicted molar refractivity (Wildman–Crippen MR) is 164 cm³/mol. The lowest BCUT2D eigenvalue weighted by atomic mass is 9.82. The number of aliphatic hydroxyl groups is 1. The quantitative estimate of drug-likeness (QED) is 0.249. The van der Waals surface area contributed by atoms with Gasteiger partial charge in [-0.2, -0.15) is 4.31 Å². The molecule has 0 bridgehead atoms. The number of Topliss-reactive ketones (excluding diaryl/α,β-unsaturated/α-hetero) is 1. The minimum absolute atomic E-state index is 0.0813. The first-order valence-corrected chi connectivity index (χ1v) is 16.5. The number of carbonyl (C=O) groups excluding carboxylic acids is 3. The van der Waals surface area contributed by atoms with Crippen LogP contribution in [-0.4, -0.2) is 92.0 Å². The highest BCUT2D eigenvalue weighted by molar-refractivity contribution is 7.89. The van der Waals surface area contributed by atoms with Crippen molar-refractivity contribution in [3.63, 3.8) is 0 Å². The fraction of sp³-hybridized carbons (Fsp3) is 0.469. The third-order valence-corrected chi connectivity index (χ3v) is 10.5. The molecule has 3 aliphatic heterocycles. The molecule has 5 rings (SSSR count). The Morgan fingerprint density at radius 1 is 0.930 bits per heavy atom. The molecule has 0 saturated carbocycles. The number of amides is 2. The summed E-state index contributed by atoms with van der Waals surface area (Å²) in [6, 6.07) is 12.8. The van der Waals surface area contributed by atoms with Crippen molar-refractivity contribution >= 4 is 39.1 Å².